The van der Waals surface area contributed by atoms with E-state index in [1.807, 2.05) is 39.8 Å². The summed E-state index contributed by atoms with van der Waals surface area (Å²) in [5.74, 6) is -0.579. The number of esters is 1. The molecule has 8 heteroatoms. The van der Waals surface area contributed by atoms with Crippen LogP contribution in [0, 0.1) is 13.8 Å². The molecule has 1 saturated heterocycles. The Morgan fingerprint density at radius 2 is 2.04 bits per heavy atom. The van der Waals surface area contributed by atoms with E-state index in [4.69, 9.17) is 4.74 Å². The zero-order valence-electron chi connectivity index (χ0n) is 16.9. The molecule has 2 rings (SSSR count). The first-order valence-corrected chi connectivity index (χ1v) is 12.3. The van der Waals surface area contributed by atoms with Crippen molar-refractivity contribution in [2.45, 2.75) is 57.5 Å². The van der Waals surface area contributed by atoms with Crippen LogP contribution in [0.25, 0.3) is 0 Å². The monoisotopic (exact) mass is 427 g/mol. The highest BCUT2D eigenvalue weighted by Crippen LogP contribution is 2.24. The van der Waals surface area contributed by atoms with Gasteiger partial charge in [-0.3, -0.25) is 9.59 Å². The van der Waals surface area contributed by atoms with Gasteiger partial charge in [-0.15, -0.1) is 11.8 Å². The van der Waals surface area contributed by atoms with Gasteiger partial charge in [-0.2, -0.15) is 0 Å². The Morgan fingerprint density at radius 1 is 1.32 bits per heavy atom. The van der Waals surface area contributed by atoms with Crippen molar-refractivity contribution in [3.05, 3.63) is 29.3 Å². The van der Waals surface area contributed by atoms with Crippen molar-refractivity contribution >= 4 is 33.5 Å². The molecule has 1 aliphatic heterocycles. The highest BCUT2D eigenvalue weighted by molar-refractivity contribution is 8.00. The topological polar surface area (TPSA) is 80.8 Å². The molecule has 0 aromatic heterocycles. The Kier molecular flexibility index (Phi) is 7.95. The number of amides is 1. The van der Waals surface area contributed by atoms with Crippen molar-refractivity contribution in [1.29, 1.82) is 0 Å². The second-order valence-electron chi connectivity index (χ2n) is 7.33. The van der Waals surface area contributed by atoms with Crippen LogP contribution in [-0.4, -0.2) is 61.1 Å². The fourth-order valence-corrected chi connectivity index (χ4v) is 5.88. The Labute approximate surface area is 171 Å². The van der Waals surface area contributed by atoms with E-state index in [0.717, 1.165) is 16.0 Å². The average Bonchev–Trinajstić information content (AvgIpc) is 2.98. The molecule has 28 heavy (non-hydrogen) atoms. The van der Waals surface area contributed by atoms with Crippen LogP contribution in [0.4, 0.5) is 0 Å². The van der Waals surface area contributed by atoms with E-state index >= 15 is 0 Å². The molecule has 1 heterocycles. The summed E-state index contributed by atoms with van der Waals surface area (Å²) in [6.45, 7) is 7.48. The number of carbonyl (C=O) groups excluding carboxylic acids is 2. The number of rotatable bonds is 8. The van der Waals surface area contributed by atoms with Gasteiger partial charge in [0, 0.05) is 17.0 Å². The summed E-state index contributed by atoms with van der Waals surface area (Å²) < 4.78 is 28.8. The smallest absolute Gasteiger partial charge is 0.316 e. The number of sulfone groups is 1. The molecular formula is C20H29NO5S2. The first-order chi connectivity index (χ1) is 13.1. The van der Waals surface area contributed by atoms with E-state index in [2.05, 4.69) is 6.07 Å². The van der Waals surface area contributed by atoms with Crippen molar-refractivity contribution in [2.75, 3.05) is 23.9 Å². The SMILES string of the molecule is CC[C@H](C)N(C(=O)COC(=O)CSc1ccc(C)cc1C)[C@H]1CCS(=O)(=O)C1. The number of nitrogens with zero attached hydrogens (tertiary/aromatic N) is 1. The number of hydrogen-bond donors (Lipinski definition) is 0. The lowest BCUT2D eigenvalue weighted by Crippen LogP contribution is -2.48. The van der Waals surface area contributed by atoms with Gasteiger partial charge < -0.3 is 9.64 Å². The number of hydrogen-bond acceptors (Lipinski definition) is 6. The lowest BCUT2D eigenvalue weighted by Gasteiger charge is -2.33. The molecule has 1 aromatic rings. The standard InChI is InChI=1S/C20H29NO5S2/c1-5-16(4)21(17-8-9-28(24,25)13-17)19(22)11-26-20(23)12-27-18-7-6-14(2)10-15(18)3/h6-7,10,16-17H,5,8-9,11-13H2,1-4H3/t16-,17-/m0/s1. The summed E-state index contributed by atoms with van der Waals surface area (Å²) in [5.41, 5.74) is 2.26. The normalized spacial score (nSPS) is 19.2. The van der Waals surface area contributed by atoms with Crippen LogP contribution in [0.3, 0.4) is 0 Å². The van der Waals surface area contributed by atoms with E-state index in [9.17, 15) is 18.0 Å². The maximum Gasteiger partial charge on any atom is 0.316 e. The third kappa shape index (κ3) is 6.24. The molecular weight excluding hydrogens is 398 g/mol. The van der Waals surface area contributed by atoms with Crippen molar-refractivity contribution in [3.8, 4) is 0 Å². The number of ether oxygens (including phenoxy) is 1. The molecule has 0 N–H and O–H groups in total. The molecule has 1 amide bonds. The molecule has 0 saturated carbocycles. The summed E-state index contributed by atoms with van der Waals surface area (Å²) in [6, 6.07) is 5.57. The van der Waals surface area contributed by atoms with Crippen LogP contribution in [0.1, 0.15) is 37.8 Å². The van der Waals surface area contributed by atoms with Crippen molar-refractivity contribution in [2.24, 2.45) is 0 Å². The van der Waals surface area contributed by atoms with E-state index in [-0.39, 0.29) is 41.9 Å². The minimum absolute atomic E-state index is 0.0143. The number of carbonyl (C=O) groups is 2. The minimum atomic E-state index is -3.10. The Morgan fingerprint density at radius 3 is 2.61 bits per heavy atom. The van der Waals surface area contributed by atoms with Crippen LogP contribution in [0.15, 0.2) is 23.1 Å². The largest absolute Gasteiger partial charge is 0.455 e. The molecule has 1 aliphatic rings. The first kappa shape index (κ1) is 22.7. The highest BCUT2D eigenvalue weighted by atomic mass is 32.2. The molecule has 2 atom stereocenters. The van der Waals surface area contributed by atoms with Gasteiger partial charge in [0.2, 0.25) is 0 Å². The van der Waals surface area contributed by atoms with Crippen molar-refractivity contribution in [1.82, 2.24) is 4.90 Å². The fraction of sp³-hybridized carbons (Fsp3) is 0.600. The average molecular weight is 428 g/mol. The zero-order chi connectivity index (χ0) is 20.9. The van der Waals surface area contributed by atoms with Crippen LogP contribution in [0.2, 0.25) is 0 Å². The molecule has 0 radical (unpaired) electrons. The van der Waals surface area contributed by atoms with Gasteiger partial charge in [-0.05, 0) is 45.2 Å². The Hall–Kier alpha value is -1.54. The van der Waals surface area contributed by atoms with Gasteiger partial charge in [0.05, 0.1) is 17.3 Å². The van der Waals surface area contributed by atoms with Crippen LogP contribution >= 0.6 is 11.8 Å². The summed E-state index contributed by atoms with van der Waals surface area (Å²) in [5, 5.41) is 0. The summed E-state index contributed by atoms with van der Waals surface area (Å²) in [6.07, 6.45) is 1.15. The molecule has 0 unspecified atom stereocenters. The quantitative estimate of drug-likeness (QED) is 0.469. The molecule has 1 aromatic carbocycles. The van der Waals surface area contributed by atoms with E-state index in [0.29, 0.717) is 12.8 Å². The first-order valence-electron chi connectivity index (χ1n) is 9.50. The van der Waals surface area contributed by atoms with Crippen LogP contribution in [0.5, 0.6) is 0 Å². The summed E-state index contributed by atoms with van der Waals surface area (Å²) >= 11 is 1.38. The van der Waals surface area contributed by atoms with Crippen molar-refractivity contribution < 1.29 is 22.7 Å². The number of thioether (sulfide) groups is 1. The molecule has 0 aliphatic carbocycles. The van der Waals surface area contributed by atoms with Gasteiger partial charge in [-0.1, -0.05) is 24.6 Å². The Bertz CT molecular complexity index is 822. The third-order valence-electron chi connectivity index (χ3n) is 4.99. The zero-order valence-corrected chi connectivity index (χ0v) is 18.6. The van der Waals surface area contributed by atoms with Gasteiger partial charge in [0.25, 0.3) is 5.91 Å². The lowest BCUT2D eigenvalue weighted by molar-refractivity contribution is -0.152. The van der Waals surface area contributed by atoms with Gasteiger partial charge in [0.15, 0.2) is 16.4 Å². The molecule has 0 spiro atoms. The van der Waals surface area contributed by atoms with Gasteiger partial charge >= 0.3 is 5.97 Å². The van der Waals surface area contributed by atoms with Gasteiger partial charge in [-0.25, -0.2) is 8.42 Å². The van der Waals surface area contributed by atoms with Crippen molar-refractivity contribution in [3.63, 3.8) is 0 Å². The maximum absolute atomic E-state index is 12.7. The third-order valence-corrected chi connectivity index (χ3v) is 7.89. The second-order valence-corrected chi connectivity index (χ2v) is 10.6. The Balaban J connectivity index is 1.89. The predicted molar refractivity (Wildman–Crippen MR) is 111 cm³/mol. The molecule has 6 nitrogen and oxygen atoms in total. The van der Waals surface area contributed by atoms with E-state index < -0.39 is 15.8 Å². The fourth-order valence-electron chi connectivity index (χ4n) is 3.36. The summed E-state index contributed by atoms with van der Waals surface area (Å²) in [7, 11) is -3.10. The van der Waals surface area contributed by atoms with E-state index in [1.54, 1.807) is 4.90 Å². The molecule has 0 bridgehead atoms. The predicted octanol–water partition coefficient (Wildman–Crippen LogP) is 2.75. The highest BCUT2D eigenvalue weighted by Gasteiger charge is 2.36. The number of aryl methyl sites for hydroxylation is 2. The molecule has 156 valence electrons. The van der Waals surface area contributed by atoms with Gasteiger partial charge in [0.1, 0.15) is 0 Å². The van der Waals surface area contributed by atoms with E-state index in [1.165, 1.54) is 11.8 Å². The van der Waals surface area contributed by atoms with Crippen LogP contribution in [-0.2, 0) is 24.2 Å². The number of benzene rings is 1. The molecule has 1 fully saturated rings. The maximum atomic E-state index is 12.7. The van der Waals surface area contributed by atoms with Crippen LogP contribution < -0.4 is 0 Å². The minimum Gasteiger partial charge on any atom is -0.455 e. The second kappa shape index (κ2) is 9.78. The summed E-state index contributed by atoms with van der Waals surface area (Å²) in [4.78, 5) is 27.3. The lowest BCUT2D eigenvalue weighted by atomic mass is 10.1.